The molecule has 21 heavy (non-hydrogen) atoms. The van der Waals surface area contributed by atoms with E-state index in [0.29, 0.717) is 18.8 Å². The van der Waals surface area contributed by atoms with Gasteiger partial charge in [0.1, 0.15) is 5.75 Å². The lowest BCUT2D eigenvalue weighted by atomic mass is 10.1. The number of hydrogen-bond acceptors (Lipinski definition) is 4. The van der Waals surface area contributed by atoms with Crippen LogP contribution in [0.25, 0.3) is 0 Å². The minimum Gasteiger partial charge on any atom is -0.494 e. The molecule has 0 bridgehead atoms. The monoisotopic (exact) mass is 287 g/mol. The summed E-state index contributed by atoms with van der Waals surface area (Å²) in [6.45, 7) is 4.97. The fraction of sp³-hybridized carbons (Fsp3) is 0.375. The average molecular weight is 287 g/mol. The van der Waals surface area contributed by atoms with Gasteiger partial charge in [0.2, 0.25) is 0 Å². The quantitative estimate of drug-likeness (QED) is 0.882. The summed E-state index contributed by atoms with van der Waals surface area (Å²) in [6, 6.07) is 8.92. The molecule has 1 unspecified atom stereocenters. The molecule has 1 aromatic carbocycles. The summed E-state index contributed by atoms with van der Waals surface area (Å²) in [7, 11) is 0. The van der Waals surface area contributed by atoms with Gasteiger partial charge in [-0.05, 0) is 31.0 Å². The first-order valence-electron chi connectivity index (χ1n) is 7.11. The van der Waals surface area contributed by atoms with Crippen molar-refractivity contribution >= 4 is 0 Å². The van der Waals surface area contributed by atoms with Crippen molar-refractivity contribution in [2.45, 2.75) is 32.9 Å². The minimum absolute atomic E-state index is 0.0825. The van der Waals surface area contributed by atoms with Crippen LogP contribution in [-0.4, -0.2) is 16.2 Å². The molecule has 0 radical (unpaired) electrons. The predicted molar refractivity (Wildman–Crippen MR) is 82.4 cm³/mol. The Morgan fingerprint density at radius 1 is 1.33 bits per heavy atom. The van der Waals surface area contributed by atoms with Gasteiger partial charge in [0.25, 0.3) is 5.56 Å². The van der Waals surface area contributed by atoms with E-state index >= 15 is 0 Å². The molecule has 0 fully saturated rings. The fourth-order valence-corrected chi connectivity index (χ4v) is 2.00. The van der Waals surface area contributed by atoms with Crippen LogP contribution in [0.1, 0.15) is 30.6 Å². The molecule has 1 atom stereocenters. The van der Waals surface area contributed by atoms with Gasteiger partial charge < -0.3 is 10.5 Å². The normalized spacial score (nSPS) is 12.1. The van der Waals surface area contributed by atoms with E-state index < -0.39 is 0 Å². The van der Waals surface area contributed by atoms with E-state index in [0.717, 1.165) is 17.7 Å². The lowest BCUT2D eigenvalue weighted by molar-refractivity contribution is 0.317. The van der Waals surface area contributed by atoms with Crippen molar-refractivity contribution in [3.05, 3.63) is 58.3 Å². The van der Waals surface area contributed by atoms with Crippen LogP contribution in [0.2, 0.25) is 0 Å². The predicted octanol–water partition coefficient (Wildman–Crippen LogP) is 2.04. The van der Waals surface area contributed by atoms with E-state index in [9.17, 15) is 4.79 Å². The number of ether oxygens (including phenoxy) is 1. The highest BCUT2D eigenvalue weighted by molar-refractivity contribution is 5.29. The van der Waals surface area contributed by atoms with Gasteiger partial charge in [-0.1, -0.05) is 19.1 Å². The maximum Gasteiger partial charge on any atom is 0.253 e. The van der Waals surface area contributed by atoms with Crippen molar-refractivity contribution in [3.63, 3.8) is 0 Å². The molecule has 5 heteroatoms. The van der Waals surface area contributed by atoms with Crippen molar-refractivity contribution in [2.75, 3.05) is 6.61 Å². The Kier molecular flexibility index (Phi) is 5.11. The Hall–Kier alpha value is -2.14. The third-order valence-electron chi connectivity index (χ3n) is 3.19. The third-order valence-corrected chi connectivity index (χ3v) is 3.19. The van der Waals surface area contributed by atoms with E-state index in [2.05, 4.69) is 11.9 Å². The van der Waals surface area contributed by atoms with Crippen molar-refractivity contribution in [3.8, 4) is 5.75 Å². The maximum atomic E-state index is 11.8. The van der Waals surface area contributed by atoms with Crippen molar-refractivity contribution < 1.29 is 4.74 Å². The van der Waals surface area contributed by atoms with Crippen molar-refractivity contribution in [1.82, 2.24) is 9.55 Å². The summed E-state index contributed by atoms with van der Waals surface area (Å²) in [5, 5.41) is 0. The van der Waals surface area contributed by atoms with Crippen molar-refractivity contribution in [2.24, 2.45) is 5.73 Å². The topological polar surface area (TPSA) is 70.1 Å². The average Bonchev–Trinajstić information content (AvgIpc) is 2.48. The highest BCUT2D eigenvalue weighted by atomic mass is 16.5. The second-order valence-electron chi connectivity index (χ2n) is 5.04. The Morgan fingerprint density at radius 2 is 2.05 bits per heavy atom. The van der Waals surface area contributed by atoms with Gasteiger partial charge in [-0.2, -0.15) is 0 Å². The number of benzene rings is 1. The second-order valence-corrected chi connectivity index (χ2v) is 5.04. The van der Waals surface area contributed by atoms with E-state index in [1.54, 1.807) is 6.92 Å². The lowest BCUT2D eigenvalue weighted by Crippen LogP contribution is -2.26. The molecule has 0 aliphatic heterocycles. The summed E-state index contributed by atoms with van der Waals surface area (Å²) in [4.78, 5) is 15.9. The van der Waals surface area contributed by atoms with Crippen LogP contribution in [-0.2, 0) is 6.54 Å². The zero-order valence-electron chi connectivity index (χ0n) is 12.5. The molecule has 2 aromatic rings. The smallest absolute Gasteiger partial charge is 0.253 e. The summed E-state index contributed by atoms with van der Waals surface area (Å²) in [5.74, 6) is 0.835. The van der Waals surface area contributed by atoms with Gasteiger partial charge in [0.15, 0.2) is 0 Å². The molecule has 0 saturated carbocycles. The summed E-state index contributed by atoms with van der Waals surface area (Å²) >= 11 is 0. The summed E-state index contributed by atoms with van der Waals surface area (Å²) in [6.07, 6.45) is 2.51. The first-order chi connectivity index (χ1) is 10.1. The molecular weight excluding hydrogens is 266 g/mol. The lowest BCUT2D eigenvalue weighted by Gasteiger charge is -2.14. The third kappa shape index (κ3) is 4.16. The molecule has 0 amide bonds. The molecular formula is C16H21N3O2. The van der Waals surface area contributed by atoms with Gasteiger partial charge >= 0.3 is 0 Å². The van der Waals surface area contributed by atoms with Crippen LogP contribution in [0.3, 0.4) is 0 Å². The van der Waals surface area contributed by atoms with Crippen LogP contribution in [0.4, 0.5) is 0 Å². The summed E-state index contributed by atoms with van der Waals surface area (Å²) in [5.41, 5.74) is 7.75. The number of aromatic nitrogens is 2. The first-order valence-corrected chi connectivity index (χ1v) is 7.11. The van der Waals surface area contributed by atoms with Crippen LogP contribution < -0.4 is 16.0 Å². The van der Waals surface area contributed by atoms with Crippen LogP contribution in [0, 0.1) is 6.92 Å². The van der Waals surface area contributed by atoms with Gasteiger partial charge in [-0.25, -0.2) is 4.98 Å². The molecule has 0 aliphatic rings. The van der Waals surface area contributed by atoms with Gasteiger partial charge in [-0.15, -0.1) is 0 Å². The summed E-state index contributed by atoms with van der Waals surface area (Å²) < 4.78 is 7.06. The number of nitrogens with two attached hydrogens (primary N) is 1. The molecule has 1 aromatic heterocycles. The van der Waals surface area contributed by atoms with Crippen LogP contribution in [0.15, 0.2) is 41.5 Å². The molecule has 0 spiro atoms. The maximum absolute atomic E-state index is 11.8. The Bertz CT molecular complexity index is 635. The zero-order chi connectivity index (χ0) is 15.2. The number of hydrogen-bond donors (Lipinski definition) is 1. The molecule has 112 valence electrons. The number of nitrogens with zero attached hydrogens (tertiary/aromatic N) is 2. The highest BCUT2D eigenvalue weighted by Gasteiger charge is 2.08. The van der Waals surface area contributed by atoms with Crippen LogP contribution in [0.5, 0.6) is 5.75 Å². The minimum atomic E-state index is -0.257. The molecule has 5 nitrogen and oxygen atoms in total. The Balaban J connectivity index is 2.05. The van der Waals surface area contributed by atoms with E-state index in [1.807, 2.05) is 24.3 Å². The zero-order valence-corrected chi connectivity index (χ0v) is 12.5. The van der Waals surface area contributed by atoms with Gasteiger partial charge in [0, 0.05) is 24.3 Å². The van der Waals surface area contributed by atoms with E-state index in [1.165, 1.54) is 17.0 Å². The molecule has 1 heterocycles. The SMILES string of the molecule is CCCOc1ccc(C(N)Cn2cnc(C)cc2=O)cc1. The highest BCUT2D eigenvalue weighted by Crippen LogP contribution is 2.17. The van der Waals surface area contributed by atoms with E-state index in [-0.39, 0.29) is 11.6 Å². The standard InChI is InChI=1S/C16H21N3O2/c1-3-8-21-14-6-4-13(5-7-14)15(17)10-19-11-18-12(2)9-16(19)20/h4-7,9,11,15H,3,8,10,17H2,1-2H3. The second kappa shape index (κ2) is 7.04. The molecule has 2 N–H and O–H groups in total. The molecule has 0 saturated heterocycles. The Morgan fingerprint density at radius 3 is 2.67 bits per heavy atom. The largest absolute Gasteiger partial charge is 0.494 e. The fourth-order valence-electron chi connectivity index (χ4n) is 2.00. The molecule has 0 aliphatic carbocycles. The first kappa shape index (κ1) is 15.3. The van der Waals surface area contributed by atoms with E-state index in [4.69, 9.17) is 10.5 Å². The van der Waals surface area contributed by atoms with Gasteiger partial charge in [-0.3, -0.25) is 9.36 Å². The van der Waals surface area contributed by atoms with Gasteiger partial charge in [0.05, 0.1) is 12.9 Å². The number of rotatable bonds is 6. The van der Waals surface area contributed by atoms with Crippen LogP contribution >= 0.6 is 0 Å². The molecule has 2 rings (SSSR count). The number of aryl methyl sites for hydroxylation is 1. The Labute approximate surface area is 124 Å². The van der Waals surface area contributed by atoms with Crippen molar-refractivity contribution in [1.29, 1.82) is 0 Å².